The lowest BCUT2D eigenvalue weighted by Crippen LogP contribution is -2.14. The van der Waals surface area contributed by atoms with Crippen LogP contribution in [0.25, 0.3) is 11.3 Å². The monoisotopic (exact) mass is 258 g/mol. The molecule has 0 radical (unpaired) electrons. The second-order valence-corrected chi connectivity index (χ2v) is 4.82. The van der Waals surface area contributed by atoms with Gasteiger partial charge in [0, 0.05) is 11.3 Å². The van der Waals surface area contributed by atoms with E-state index in [1.54, 1.807) is 0 Å². The Morgan fingerprint density at radius 2 is 2.00 bits per heavy atom. The topological polar surface area (TPSA) is 55.0 Å². The van der Waals surface area contributed by atoms with Crippen molar-refractivity contribution in [1.82, 2.24) is 9.97 Å². The highest BCUT2D eigenvalue weighted by Crippen LogP contribution is 2.21. The zero-order valence-corrected chi connectivity index (χ0v) is 11.7. The Bertz CT molecular complexity index is 645. The minimum atomic E-state index is -0.176. The lowest BCUT2D eigenvalue weighted by atomic mass is 10.1. The summed E-state index contributed by atoms with van der Waals surface area (Å²) in [4.78, 5) is 19.1. The molecule has 4 heteroatoms. The van der Waals surface area contributed by atoms with Crippen LogP contribution < -0.4 is 10.3 Å². The smallest absolute Gasteiger partial charge is 0.274 e. The van der Waals surface area contributed by atoms with E-state index in [9.17, 15) is 4.79 Å². The molecule has 2 aromatic rings. The number of aryl methyl sites for hydroxylation is 2. The molecule has 0 fully saturated rings. The van der Waals surface area contributed by atoms with E-state index in [0.717, 1.165) is 22.7 Å². The Hall–Kier alpha value is -2.10. The first-order chi connectivity index (χ1) is 8.97. The summed E-state index contributed by atoms with van der Waals surface area (Å²) >= 11 is 0. The molecule has 0 aliphatic rings. The van der Waals surface area contributed by atoms with Crippen molar-refractivity contribution < 1.29 is 4.74 Å². The highest BCUT2D eigenvalue weighted by Gasteiger charge is 2.09. The summed E-state index contributed by atoms with van der Waals surface area (Å²) < 4.78 is 5.63. The fraction of sp³-hybridized carbons (Fsp3) is 0.333. The van der Waals surface area contributed by atoms with Crippen LogP contribution in [-0.2, 0) is 0 Å². The zero-order chi connectivity index (χ0) is 14.0. The van der Waals surface area contributed by atoms with Crippen molar-refractivity contribution in [3.05, 3.63) is 46.0 Å². The number of hydrogen-bond acceptors (Lipinski definition) is 3. The van der Waals surface area contributed by atoms with Crippen molar-refractivity contribution in [2.75, 3.05) is 0 Å². The second kappa shape index (κ2) is 5.26. The lowest BCUT2D eigenvalue weighted by molar-refractivity contribution is 0.242. The summed E-state index contributed by atoms with van der Waals surface area (Å²) in [6, 6.07) is 7.44. The molecular weight excluding hydrogens is 240 g/mol. The van der Waals surface area contributed by atoms with Crippen LogP contribution in [0.15, 0.2) is 29.1 Å². The molecule has 1 heterocycles. The molecule has 4 nitrogen and oxygen atoms in total. The van der Waals surface area contributed by atoms with E-state index >= 15 is 0 Å². The molecular formula is C15H18N2O2. The summed E-state index contributed by atoms with van der Waals surface area (Å²) in [5.41, 5.74) is 2.64. The van der Waals surface area contributed by atoms with Crippen LogP contribution in [0.2, 0.25) is 0 Å². The molecule has 100 valence electrons. The van der Waals surface area contributed by atoms with Gasteiger partial charge in [-0.05, 0) is 39.8 Å². The lowest BCUT2D eigenvalue weighted by Gasteiger charge is -2.11. The molecule has 0 bridgehead atoms. The molecule has 0 saturated heterocycles. The molecule has 1 aromatic carbocycles. The average molecular weight is 258 g/mol. The van der Waals surface area contributed by atoms with Crippen LogP contribution in [0.4, 0.5) is 0 Å². The van der Waals surface area contributed by atoms with Gasteiger partial charge < -0.3 is 9.72 Å². The number of benzene rings is 1. The highest BCUT2D eigenvalue weighted by molar-refractivity contribution is 5.60. The Balaban J connectivity index is 2.47. The van der Waals surface area contributed by atoms with E-state index in [-0.39, 0.29) is 11.7 Å². The predicted molar refractivity (Wildman–Crippen MR) is 75.5 cm³/mol. The number of H-pyrrole nitrogens is 1. The van der Waals surface area contributed by atoms with Gasteiger partial charge in [0.05, 0.1) is 11.8 Å². The maximum Gasteiger partial charge on any atom is 0.274 e. The first-order valence-electron chi connectivity index (χ1n) is 6.32. The zero-order valence-electron chi connectivity index (χ0n) is 11.7. The van der Waals surface area contributed by atoms with Crippen LogP contribution in [0.1, 0.15) is 25.2 Å². The van der Waals surface area contributed by atoms with Gasteiger partial charge in [0.2, 0.25) is 0 Å². The summed E-state index contributed by atoms with van der Waals surface area (Å²) in [6.45, 7) is 7.65. The van der Waals surface area contributed by atoms with Crippen molar-refractivity contribution in [3.63, 3.8) is 0 Å². The van der Waals surface area contributed by atoms with Crippen molar-refractivity contribution in [3.8, 4) is 17.0 Å². The fourth-order valence-corrected chi connectivity index (χ4v) is 1.81. The first kappa shape index (κ1) is 13.3. The van der Waals surface area contributed by atoms with Gasteiger partial charge in [-0.15, -0.1) is 0 Å². The summed E-state index contributed by atoms with van der Waals surface area (Å²) in [5, 5.41) is 0. The largest absolute Gasteiger partial charge is 0.491 e. The molecule has 0 amide bonds. The van der Waals surface area contributed by atoms with Gasteiger partial charge in [-0.25, -0.2) is 4.98 Å². The van der Waals surface area contributed by atoms with Gasteiger partial charge in [-0.2, -0.15) is 0 Å². The van der Waals surface area contributed by atoms with Gasteiger partial charge >= 0.3 is 0 Å². The Labute approximate surface area is 112 Å². The van der Waals surface area contributed by atoms with Crippen molar-refractivity contribution in [2.45, 2.75) is 33.8 Å². The second-order valence-electron chi connectivity index (χ2n) is 4.82. The molecule has 0 atom stereocenters. The fourth-order valence-electron chi connectivity index (χ4n) is 1.81. The van der Waals surface area contributed by atoms with E-state index in [1.807, 2.05) is 52.0 Å². The van der Waals surface area contributed by atoms with Crippen LogP contribution in [0, 0.1) is 13.8 Å². The molecule has 0 saturated carbocycles. The van der Waals surface area contributed by atoms with Gasteiger partial charge in [0.25, 0.3) is 5.56 Å². The number of aromatic nitrogens is 2. The number of nitrogens with zero attached hydrogens (tertiary/aromatic N) is 1. The standard InChI is InChI=1S/C15H18N2O2/c1-9(2)19-13-7-5-6-12(8-13)14-15(18)17-11(4)10(3)16-14/h5-9H,1-4H3,(H,17,18). The number of nitrogens with one attached hydrogen (secondary N) is 1. The molecule has 0 aliphatic carbocycles. The molecule has 1 aromatic heterocycles. The molecule has 0 aliphatic heterocycles. The summed E-state index contributed by atoms with van der Waals surface area (Å²) in [5.74, 6) is 0.743. The maximum absolute atomic E-state index is 12.0. The SMILES string of the molecule is Cc1nc(-c2cccc(OC(C)C)c2)c(=O)[nH]c1C. The third kappa shape index (κ3) is 3.02. The minimum Gasteiger partial charge on any atom is -0.491 e. The Morgan fingerprint density at radius 1 is 1.26 bits per heavy atom. The molecule has 1 N–H and O–H groups in total. The van der Waals surface area contributed by atoms with E-state index in [2.05, 4.69) is 9.97 Å². The van der Waals surface area contributed by atoms with Crippen molar-refractivity contribution in [1.29, 1.82) is 0 Å². The third-order valence-electron chi connectivity index (χ3n) is 2.82. The Kier molecular flexibility index (Phi) is 3.69. The quantitative estimate of drug-likeness (QED) is 0.921. The van der Waals surface area contributed by atoms with Gasteiger partial charge in [0.1, 0.15) is 11.4 Å². The molecule has 0 unspecified atom stereocenters. The average Bonchev–Trinajstić information content (AvgIpc) is 2.33. The van der Waals surface area contributed by atoms with Crippen LogP contribution in [-0.4, -0.2) is 16.1 Å². The molecule has 2 rings (SSSR count). The van der Waals surface area contributed by atoms with Gasteiger partial charge in [-0.3, -0.25) is 4.79 Å². The third-order valence-corrected chi connectivity index (χ3v) is 2.82. The van der Waals surface area contributed by atoms with Crippen LogP contribution in [0.3, 0.4) is 0 Å². The van der Waals surface area contributed by atoms with E-state index in [0.29, 0.717) is 5.69 Å². The number of ether oxygens (including phenoxy) is 1. The summed E-state index contributed by atoms with van der Waals surface area (Å²) in [7, 11) is 0. The number of rotatable bonds is 3. The number of aromatic amines is 1. The normalized spacial score (nSPS) is 10.8. The van der Waals surface area contributed by atoms with E-state index < -0.39 is 0 Å². The molecule has 19 heavy (non-hydrogen) atoms. The predicted octanol–water partition coefficient (Wildman–Crippen LogP) is 2.84. The maximum atomic E-state index is 12.0. The van der Waals surface area contributed by atoms with E-state index in [4.69, 9.17) is 4.74 Å². The summed E-state index contributed by atoms with van der Waals surface area (Å²) in [6.07, 6.45) is 0.0984. The minimum absolute atomic E-state index is 0.0984. The van der Waals surface area contributed by atoms with Crippen LogP contribution >= 0.6 is 0 Å². The molecule has 0 spiro atoms. The number of hydrogen-bond donors (Lipinski definition) is 1. The van der Waals surface area contributed by atoms with Crippen molar-refractivity contribution in [2.24, 2.45) is 0 Å². The van der Waals surface area contributed by atoms with E-state index in [1.165, 1.54) is 0 Å². The van der Waals surface area contributed by atoms with Gasteiger partial charge in [0.15, 0.2) is 0 Å². The first-order valence-corrected chi connectivity index (χ1v) is 6.32. The van der Waals surface area contributed by atoms with Crippen LogP contribution in [0.5, 0.6) is 5.75 Å². The van der Waals surface area contributed by atoms with Crippen molar-refractivity contribution >= 4 is 0 Å². The van der Waals surface area contributed by atoms with Gasteiger partial charge in [-0.1, -0.05) is 12.1 Å². The highest BCUT2D eigenvalue weighted by atomic mass is 16.5. The Morgan fingerprint density at radius 3 is 2.68 bits per heavy atom.